The Morgan fingerprint density at radius 3 is 1.28 bits per heavy atom. The van der Waals surface area contributed by atoms with Gasteiger partial charge in [0.15, 0.2) is 12.6 Å². The third-order valence-electron chi connectivity index (χ3n) is 21.6. The highest BCUT2D eigenvalue weighted by molar-refractivity contribution is 5.77. The lowest BCUT2D eigenvalue weighted by Crippen LogP contribution is -2.70. The maximum atomic E-state index is 13.6. The van der Waals surface area contributed by atoms with Gasteiger partial charge in [0.25, 0.3) is 5.79 Å². The SMILES string of the molecule is CCCCCCCCCCCCCC/C=C\CCCCCCCCCCCCCCCCCCCC(=O)NC(COC1OC(CO)C(OC2OC(CO)C(O)C(OC3(C(=O)O)CC(O)C(NC(C)=O)C(C(O)C(O)CO)O3)C2O)C(O)C1O)C(O)/C=C/CCCCCCCCCCCCCCCCCCC. The molecule has 3 saturated heterocycles. The van der Waals surface area contributed by atoms with Gasteiger partial charge in [0, 0.05) is 19.8 Å². The number of nitrogens with one attached hydrogen (secondary N) is 2. The van der Waals surface area contributed by atoms with Crippen LogP contribution in [0.25, 0.3) is 0 Å². The Labute approximate surface area is 638 Å². The Balaban J connectivity index is 1.46. The quantitative estimate of drug-likeness (QED) is 0.0199. The van der Waals surface area contributed by atoms with Crippen molar-refractivity contribution in [1.29, 1.82) is 0 Å². The predicted octanol–water partition coefficient (Wildman–Crippen LogP) is 12.3. The summed E-state index contributed by atoms with van der Waals surface area (Å²) in [6, 6.07) is -2.62. The molecule has 3 heterocycles. The van der Waals surface area contributed by atoms with Crippen molar-refractivity contribution in [3.05, 3.63) is 24.3 Å². The largest absolute Gasteiger partial charge is 0.477 e. The Kier molecular flexibility index (Phi) is 56.7. The molecular weight excluding hydrogens is 1360 g/mol. The summed E-state index contributed by atoms with van der Waals surface area (Å²) in [7, 11) is 0. The van der Waals surface area contributed by atoms with E-state index in [1.165, 1.54) is 257 Å². The number of aliphatic hydroxyl groups is 11. The molecule has 23 nitrogen and oxygen atoms in total. The number of allylic oxidation sites excluding steroid dienone is 3. The second kappa shape index (κ2) is 61.8. The van der Waals surface area contributed by atoms with E-state index in [1.54, 1.807) is 6.08 Å². The van der Waals surface area contributed by atoms with E-state index in [4.69, 9.17) is 28.4 Å². The summed E-state index contributed by atoms with van der Waals surface area (Å²) in [5.41, 5.74) is 0. The molecule has 0 aromatic carbocycles. The van der Waals surface area contributed by atoms with Crippen LogP contribution in [0.4, 0.5) is 0 Å². The molecule has 2 amide bonds. The fourth-order valence-electron chi connectivity index (χ4n) is 14.9. The van der Waals surface area contributed by atoms with Crippen molar-refractivity contribution >= 4 is 17.8 Å². The van der Waals surface area contributed by atoms with Gasteiger partial charge in [-0.3, -0.25) is 9.59 Å². The minimum absolute atomic E-state index is 0.204. The van der Waals surface area contributed by atoms with E-state index in [1.807, 2.05) is 6.08 Å². The van der Waals surface area contributed by atoms with Gasteiger partial charge in [-0.1, -0.05) is 308 Å². The summed E-state index contributed by atoms with van der Waals surface area (Å²) in [6.45, 7) is 2.20. The number of aliphatic carboxylic acids is 1. The van der Waals surface area contributed by atoms with Crippen LogP contribution in [0, 0.1) is 0 Å². The van der Waals surface area contributed by atoms with Gasteiger partial charge < -0.3 is 100 Å². The van der Waals surface area contributed by atoms with E-state index >= 15 is 0 Å². The maximum absolute atomic E-state index is 13.6. The Morgan fingerprint density at radius 2 is 0.887 bits per heavy atom. The van der Waals surface area contributed by atoms with Crippen LogP contribution in [-0.2, 0) is 42.8 Å². The molecule has 106 heavy (non-hydrogen) atoms. The third-order valence-corrected chi connectivity index (χ3v) is 21.6. The molecule has 0 bridgehead atoms. The molecule has 3 fully saturated rings. The molecule has 0 aromatic heterocycles. The number of aliphatic hydroxyl groups excluding tert-OH is 11. The van der Waals surface area contributed by atoms with Gasteiger partial charge in [0.2, 0.25) is 11.8 Å². The van der Waals surface area contributed by atoms with Crippen LogP contribution in [0.1, 0.15) is 348 Å². The van der Waals surface area contributed by atoms with E-state index in [2.05, 4.69) is 36.6 Å². The summed E-state index contributed by atoms with van der Waals surface area (Å²) < 4.78 is 34.9. The highest BCUT2D eigenvalue weighted by atomic mass is 16.8. The number of carboxylic acids is 1. The smallest absolute Gasteiger partial charge is 0.364 e. The van der Waals surface area contributed by atoms with Gasteiger partial charge in [0.1, 0.15) is 67.1 Å². The van der Waals surface area contributed by atoms with Crippen LogP contribution in [0.3, 0.4) is 0 Å². The number of carboxylic acid groups (broad SMARTS) is 1. The monoisotopic (exact) mass is 1520 g/mol. The first-order valence-electron chi connectivity index (χ1n) is 42.7. The second-order valence-electron chi connectivity index (χ2n) is 31.0. The van der Waals surface area contributed by atoms with Gasteiger partial charge in [-0.2, -0.15) is 0 Å². The normalized spacial score (nSPS) is 26.2. The van der Waals surface area contributed by atoms with Crippen molar-refractivity contribution in [3.63, 3.8) is 0 Å². The van der Waals surface area contributed by atoms with Gasteiger partial charge >= 0.3 is 5.97 Å². The fraction of sp³-hybridized carbons (Fsp3) is 0.916. The van der Waals surface area contributed by atoms with E-state index < -0.39 is 155 Å². The molecule has 14 N–H and O–H groups in total. The van der Waals surface area contributed by atoms with Crippen LogP contribution < -0.4 is 10.6 Å². The molecule has 23 heteroatoms. The molecule has 0 aromatic rings. The molecule has 3 rings (SSSR count). The second-order valence-corrected chi connectivity index (χ2v) is 31.0. The molecule has 3 aliphatic heterocycles. The zero-order chi connectivity index (χ0) is 77.4. The highest BCUT2D eigenvalue weighted by Crippen LogP contribution is 2.39. The summed E-state index contributed by atoms with van der Waals surface area (Å²) in [6.07, 6.45) is 40.8. The molecular formula is C83H154N2O21. The molecule has 0 aliphatic carbocycles. The van der Waals surface area contributed by atoms with Gasteiger partial charge in [-0.05, 0) is 44.9 Å². The van der Waals surface area contributed by atoms with E-state index in [0.29, 0.717) is 12.8 Å². The van der Waals surface area contributed by atoms with E-state index in [9.17, 15) is 75.7 Å². The minimum Gasteiger partial charge on any atom is -0.477 e. The highest BCUT2D eigenvalue weighted by Gasteiger charge is 2.60. The van der Waals surface area contributed by atoms with E-state index in [0.717, 1.165) is 51.9 Å². The zero-order valence-corrected chi connectivity index (χ0v) is 66.1. The number of rotatable bonds is 68. The molecule has 3 aliphatic rings. The van der Waals surface area contributed by atoms with Gasteiger partial charge in [-0.15, -0.1) is 0 Å². The molecule has 0 radical (unpaired) electrons. The van der Waals surface area contributed by atoms with Crippen LogP contribution in [0.2, 0.25) is 0 Å². The van der Waals surface area contributed by atoms with Crippen LogP contribution >= 0.6 is 0 Å². The Bertz CT molecular complexity index is 2200. The van der Waals surface area contributed by atoms with Crippen molar-refractivity contribution in [2.45, 2.75) is 458 Å². The summed E-state index contributed by atoms with van der Waals surface area (Å²) in [5, 5.41) is 136. The molecule has 622 valence electrons. The molecule has 18 atom stereocenters. The first-order chi connectivity index (χ1) is 51.4. The number of ether oxygens (including phenoxy) is 6. The van der Waals surface area contributed by atoms with Crippen molar-refractivity contribution in [2.24, 2.45) is 0 Å². The van der Waals surface area contributed by atoms with Crippen molar-refractivity contribution in [1.82, 2.24) is 10.6 Å². The number of hydrogen-bond acceptors (Lipinski definition) is 20. The predicted molar refractivity (Wildman–Crippen MR) is 412 cm³/mol. The van der Waals surface area contributed by atoms with Gasteiger partial charge in [-0.25, -0.2) is 4.79 Å². The number of carbonyl (C=O) groups is 3. The first-order valence-corrected chi connectivity index (χ1v) is 42.7. The van der Waals surface area contributed by atoms with Crippen molar-refractivity contribution in [3.8, 4) is 0 Å². The summed E-state index contributed by atoms with van der Waals surface area (Å²) in [5.74, 6) is -6.13. The topological polar surface area (TPSA) is 373 Å². The third kappa shape index (κ3) is 41.1. The van der Waals surface area contributed by atoms with Crippen molar-refractivity contribution in [2.75, 3.05) is 26.4 Å². The summed E-state index contributed by atoms with van der Waals surface area (Å²) in [4.78, 5) is 38.7. The number of amides is 2. The summed E-state index contributed by atoms with van der Waals surface area (Å²) >= 11 is 0. The van der Waals surface area contributed by atoms with E-state index in [-0.39, 0.29) is 12.3 Å². The van der Waals surface area contributed by atoms with Crippen molar-refractivity contribution < 1.29 is 104 Å². The lowest BCUT2D eigenvalue weighted by atomic mass is 9.88. The average molecular weight is 1520 g/mol. The molecule has 18 unspecified atom stereocenters. The molecule has 0 spiro atoms. The van der Waals surface area contributed by atoms with Crippen LogP contribution in [0.15, 0.2) is 24.3 Å². The number of carbonyl (C=O) groups excluding carboxylic acids is 2. The maximum Gasteiger partial charge on any atom is 0.364 e. The zero-order valence-electron chi connectivity index (χ0n) is 66.1. The average Bonchev–Trinajstić information content (AvgIpc) is 0.755. The van der Waals surface area contributed by atoms with Crippen LogP contribution in [0.5, 0.6) is 0 Å². The first kappa shape index (κ1) is 97.4. The standard InChI is InChI=1S/C83H154N2O21/c1-4-6-8-10-12-14-16-18-20-22-24-25-26-27-28-29-30-31-32-33-34-35-36-37-39-41-43-45-47-49-51-53-55-57-70(93)85-64(65(90)56-54-52-50-48-46-44-42-40-38-23-21-19-17-15-13-11-9-7-5-2)62-101-80-75(97)74(96)77(69(61-88)103-80)104-81-76(98)79(73(95)68(60-87)102-81)106-83(82(99)100)58-66(91)71(84-63(3)89)78(105-83)72(94)67(92)59-86/h27-28,54,56,64-69,71-81,86-88,90-92,94-98H,4-26,29-53,55,57-62H2,1-3H3,(H,84,89)(H,85,93)(H,99,100)/b28-27-,56-54+. The molecule has 0 saturated carbocycles. The number of hydrogen-bond donors (Lipinski definition) is 14. The fourth-order valence-corrected chi connectivity index (χ4v) is 14.9. The minimum atomic E-state index is -3.08. The lowest BCUT2D eigenvalue weighted by molar-refractivity contribution is -0.386. The van der Waals surface area contributed by atoms with Crippen LogP contribution in [-0.4, -0.2) is 215 Å². The number of unbranched alkanes of at least 4 members (excludes halogenated alkanes) is 46. The van der Waals surface area contributed by atoms with Gasteiger partial charge in [0.05, 0.1) is 50.7 Å². The lowest BCUT2D eigenvalue weighted by Gasteiger charge is -2.50. The Morgan fingerprint density at radius 1 is 0.491 bits per heavy atom. The Hall–Kier alpha value is -2.79.